The summed E-state index contributed by atoms with van der Waals surface area (Å²) < 4.78 is 6.36. The number of aromatic nitrogens is 1. The van der Waals surface area contributed by atoms with E-state index in [1.54, 1.807) is 24.3 Å². The van der Waals surface area contributed by atoms with Gasteiger partial charge in [-0.1, -0.05) is 29.5 Å². The Balaban J connectivity index is 1.71. The average Bonchev–Trinajstić information content (AvgIpc) is 3.41. The van der Waals surface area contributed by atoms with Crippen LogP contribution in [0.5, 0.6) is 5.75 Å². The highest BCUT2D eigenvalue weighted by atomic mass is 32.1. The molecule has 0 saturated carbocycles. The van der Waals surface area contributed by atoms with Crippen LogP contribution in [0.3, 0.4) is 0 Å². The van der Waals surface area contributed by atoms with Crippen molar-refractivity contribution in [2.45, 2.75) is 19.9 Å². The number of thiazole rings is 1. The van der Waals surface area contributed by atoms with Crippen molar-refractivity contribution in [3.8, 4) is 5.75 Å². The number of aliphatic hydroxyl groups excluding tert-OH is 1. The number of anilines is 1. The molecule has 3 aromatic carbocycles. The van der Waals surface area contributed by atoms with Crippen molar-refractivity contribution in [1.82, 2.24) is 4.98 Å². The number of ketones is 1. The highest BCUT2D eigenvalue weighted by Gasteiger charge is 2.48. The van der Waals surface area contributed by atoms with Gasteiger partial charge in [0.05, 0.1) is 33.4 Å². The molecule has 1 N–H and O–H groups in total. The van der Waals surface area contributed by atoms with E-state index in [2.05, 4.69) is 4.98 Å². The van der Waals surface area contributed by atoms with Gasteiger partial charge in [0.1, 0.15) is 11.5 Å². The molecule has 186 valence electrons. The lowest BCUT2D eigenvalue weighted by atomic mass is 9.95. The maximum atomic E-state index is 13.4. The van der Waals surface area contributed by atoms with Crippen molar-refractivity contribution in [3.05, 3.63) is 99.1 Å². The van der Waals surface area contributed by atoms with Crippen LogP contribution in [0.15, 0.2) is 72.3 Å². The Morgan fingerprint density at radius 1 is 1.14 bits per heavy atom. The van der Waals surface area contributed by atoms with Crippen LogP contribution in [0.25, 0.3) is 16.0 Å². The maximum Gasteiger partial charge on any atom is 0.301 e. The second-order valence-corrected chi connectivity index (χ2v) is 9.46. The van der Waals surface area contributed by atoms with Crippen molar-refractivity contribution in [3.63, 3.8) is 0 Å². The summed E-state index contributed by atoms with van der Waals surface area (Å²) in [6.45, 7) is 4.18. The van der Waals surface area contributed by atoms with Crippen molar-refractivity contribution < 1.29 is 24.4 Å². The molecule has 9 nitrogen and oxygen atoms in total. The van der Waals surface area contributed by atoms with Gasteiger partial charge in [0, 0.05) is 17.7 Å². The van der Waals surface area contributed by atoms with Gasteiger partial charge in [-0.15, -0.1) is 0 Å². The number of nitrogens with zero attached hydrogens (tertiary/aromatic N) is 3. The molecular formula is C27H21N3O6S. The van der Waals surface area contributed by atoms with E-state index >= 15 is 0 Å². The number of Topliss-reactive ketones (excluding diaryl/α,β-unsaturated/α-hetero) is 1. The SMILES string of the molecule is CCOc1cccc(/C(O)=C2\C(=O)C(=O)N(c3nc4ccc(C)cc4s3)C2c2ccc([N+](=O)[O-])cc2)c1. The minimum Gasteiger partial charge on any atom is -0.507 e. The van der Waals surface area contributed by atoms with Crippen molar-refractivity contribution >= 4 is 49.8 Å². The molecule has 1 atom stereocenters. The third-order valence-electron chi connectivity index (χ3n) is 6.02. The predicted molar refractivity (Wildman–Crippen MR) is 140 cm³/mol. The summed E-state index contributed by atoms with van der Waals surface area (Å²) >= 11 is 1.25. The Hall–Kier alpha value is -4.57. The average molecular weight is 516 g/mol. The Morgan fingerprint density at radius 3 is 2.59 bits per heavy atom. The summed E-state index contributed by atoms with van der Waals surface area (Å²) in [6, 6.07) is 16.8. The highest BCUT2D eigenvalue weighted by Crippen LogP contribution is 2.44. The van der Waals surface area contributed by atoms with Gasteiger partial charge in [0.2, 0.25) is 0 Å². The van der Waals surface area contributed by atoms with Crippen LogP contribution in [0, 0.1) is 17.0 Å². The molecule has 2 heterocycles. The van der Waals surface area contributed by atoms with Crippen molar-refractivity contribution in [1.29, 1.82) is 0 Å². The number of benzene rings is 3. The molecule has 1 unspecified atom stereocenters. The Morgan fingerprint density at radius 2 is 1.89 bits per heavy atom. The normalized spacial score (nSPS) is 16.9. The molecule has 1 fully saturated rings. The minimum absolute atomic E-state index is 0.136. The number of aliphatic hydroxyl groups is 1. The van der Waals surface area contributed by atoms with E-state index in [1.807, 2.05) is 32.0 Å². The number of non-ortho nitro benzene ring substituents is 1. The monoisotopic (exact) mass is 515 g/mol. The number of amides is 1. The zero-order chi connectivity index (χ0) is 26.3. The van der Waals surface area contributed by atoms with Gasteiger partial charge >= 0.3 is 5.91 Å². The second kappa shape index (κ2) is 9.47. The van der Waals surface area contributed by atoms with E-state index in [0.717, 1.165) is 10.3 Å². The zero-order valence-electron chi connectivity index (χ0n) is 19.9. The molecular weight excluding hydrogens is 494 g/mol. The van der Waals surface area contributed by atoms with Crippen LogP contribution in [-0.4, -0.2) is 33.3 Å². The van der Waals surface area contributed by atoms with Crippen LogP contribution >= 0.6 is 11.3 Å². The number of nitro benzene ring substituents is 1. The molecule has 0 radical (unpaired) electrons. The first-order valence-corrected chi connectivity index (χ1v) is 12.3. The first kappa shape index (κ1) is 24.1. The molecule has 1 amide bonds. The van der Waals surface area contributed by atoms with E-state index in [1.165, 1.54) is 40.5 Å². The minimum atomic E-state index is -1.04. The van der Waals surface area contributed by atoms with E-state index in [-0.39, 0.29) is 22.2 Å². The summed E-state index contributed by atoms with van der Waals surface area (Å²) in [5, 5.41) is 22.8. The van der Waals surface area contributed by atoms with Gasteiger partial charge in [-0.25, -0.2) is 4.98 Å². The number of ether oxygens (including phenoxy) is 1. The first-order valence-electron chi connectivity index (χ1n) is 11.4. The number of fused-ring (bicyclic) bond motifs is 1. The molecule has 37 heavy (non-hydrogen) atoms. The van der Waals surface area contributed by atoms with Gasteiger partial charge in [-0.2, -0.15) is 0 Å². The van der Waals surface area contributed by atoms with Gasteiger partial charge in [0.25, 0.3) is 11.5 Å². The quantitative estimate of drug-likeness (QED) is 0.118. The molecule has 1 saturated heterocycles. The Bertz CT molecular complexity index is 1590. The number of hydrogen-bond acceptors (Lipinski definition) is 8. The van der Waals surface area contributed by atoms with Crippen molar-refractivity contribution in [2.75, 3.05) is 11.5 Å². The summed E-state index contributed by atoms with van der Waals surface area (Å²) in [6.07, 6.45) is 0. The number of nitro groups is 1. The summed E-state index contributed by atoms with van der Waals surface area (Å²) in [7, 11) is 0. The van der Waals surface area contributed by atoms with Gasteiger partial charge < -0.3 is 9.84 Å². The third kappa shape index (κ3) is 4.31. The fourth-order valence-electron chi connectivity index (χ4n) is 4.30. The van der Waals surface area contributed by atoms with Crippen LogP contribution in [0.2, 0.25) is 0 Å². The molecule has 0 spiro atoms. The first-order chi connectivity index (χ1) is 17.8. The molecule has 1 aromatic heterocycles. The standard InChI is InChI=1S/C27H21N3O6S/c1-3-36-19-6-4-5-17(14-19)24(31)22-23(16-8-10-18(11-9-16)30(34)35)29(26(33)25(22)32)27-28-20-12-7-15(2)13-21(20)37-27/h4-14,23,31H,3H2,1-2H3/b24-22+. The van der Waals surface area contributed by atoms with Gasteiger partial charge in [0.15, 0.2) is 5.13 Å². The molecule has 0 bridgehead atoms. The molecule has 0 aliphatic carbocycles. The smallest absolute Gasteiger partial charge is 0.301 e. The number of carbonyl (C=O) groups excluding carboxylic acids is 2. The van der Waals surface area contributed by atoms with E-state index in [4.69, 9.17) is 4.74 Å². The predicted octanol–water partition coefficient (Wildman–Crippen LogP) is 5.54. The van der Waals surface area contributed by atoms with Crippen molar-refractivity contribution in [2.24, 2.45) is 0 Å². The number of aryl methyl sites for hydroxylation is 1. The topological polar surface area (TPSA) is 123 Å². The van der Waals surface area contributed by atoms with Crippen LogP contribution in [0.4, 0.5) is 10.8 Å². The molecule has 1 aliphatic heterocycles. The highest BCUT2D eigenvalue weighted by molar-refractivity contribution is 7.22. The van der Waals surface area contributed by atoms with Crippen LogP contribution < -0.4 is 9.64 Å². The van der Waals surface area contributed by atoms with E-state index in [0.29, 0.717) is 29.0 Å². The number of hydrogen-bond donors (Lipinski definition) is 1. The van der Waals surface area contributed by atoms with Crippen LogP contribution in [0.1, 0.15) is 29.7 Å². The summed E-state index contributed by atoms with van der Waals surface area (Å²) in [5.41, 5.74) is 2.13. The van der Waals surface area contributed by atoms with E-state index in [9.17, 15) is 24.8 Å². The lowest BCUT2D eigenvalue weighted by molar-refractivity contribution is -0.384. The zero-order valence-corrected chi connectivity index (χ0v) is 20.7. The molecule has 4 aromatic rings. The summed E-state index contributed by atoms with van der Waals surface area (Å²) in [4.78, 5) is 43.3. The second-order valence-electron chi connectivity index (χ2n) is 8.45. The number of carbonyl (C=O) groups is 2. The largest absolute Gasteiger partial charge is 0.507 e. The van der Waals surface area contributed by atoms with Gasteiger partial charge in [-0.05, 0) is 61.4 Å². The third-order valence-corrected chi connectivity index (χ3v) is 7.04. The van der Waals surface area contributed by atoms with Crippen LogP contribution in [-0.2, 0) is 9.59 Å². The fraction of sp³-hybridized carbons (Fsp3) is 0.148. The van der Waals surface area contributed by atoms with E-state index < -0.39 is 22.7 Å². The lowest BCUT2D eigenvalue weighted by Crippen LogP contribution is -2.29. The number of rotatable bonds is 6. The maximum absolute atomic E-state index is 13.4. The molecule has 5 rings (SSSR count). The van der Waals surface area contributed by atoms with Gasteiger partial charge in [-0.3, -0.25) is 24.6 Å². The Kier molecular flexibility index (Phi) is 6.18. The lowest BCUT2D eigenvalue weighted by Gasteiger charge is -2.23. The molecule has 1 aliphatic rings. The Labute approximate surface area is 215 Å². The molecule has 10 heteroatoms. The fourth-order valence-corrected chi connectivity index (χ4v) is 5.39. The summed E-state index contributed by atoms with van der Waals surface area (Å²) in [5.74, 6) is -1.60.